The summed E-state index contributed by atoms with van der Waals surface area (Å²) >= 11 is 0. The first-order chi connectivity index (χ1) is 9.58. The van der Waals surface area contributed by atoms with Crippen LogP contribution in [0.1, 0.15) is 12.5 Å². The highest BCUT2D eigenvalue weighted by molar-refractivity contribution is 6.03. The van der Waals surface area contributed by atoms with Gasteiger partial charge in [0.2, 0.25) is 0 Å². The van der Waals surface area contributed by atoms with Gasteiger partial charge in [0, 0.05) is 6.08 Å². The highest BCUT2D eigenvalue weighted by Gasteiger charge is 2.36. The zero-order chi connectivity index (χ0) is 14.5. The second-order valence-corrected chi connectivity index (χ2v) is 4.57. The van der Waals surface area contributed by atoms with E-state index in [-0.39, 0.29) is 18.4 Å². The third-order valence-corrected chi connectivity index (χ3v) is 2.97. The number of carbonyl (C=O) groups is 3. The number of ketones is 1. The number of allylic oxidation sites excluding steroid dienone is 1. The van der Waals surface area contributed by atoms with Gasteiger partial charge in [0.25, 0.3) is 5.91 Å². The van der Waals surface area contributed by atoms with Crippen LogP contribution in [0.25, 0.3) is 0 Å². The molecule has 0 radical (unpaired) electrons. The minimum absolute atomic E-state index is 0.174. The van der Waals surface area contributed by atoms with Gasteiger partial charge >= 0.3 is 6.09 Å². The maximum atomic E-state index is 11.9. The Morgan fingerprint density at radius 2 is 2.00 bits per heavy atom. The van der Waals surface area contributed by atoms with Gasteiger partial charge in [-0.3, -0.25) is 9.59 Å². The third kappa shape index (κ3) is 3.32. The molecule has 1 fully saturated rings. The summed E-state index contributed by atoms with van der Waals surface area (Å²) in [5.74, 6) is -0.769. The number of rotatable bonds is 4. The van der Waals surface area contributed by atoms with E-state index < -0.39 is 12.0 Å². The van der Waals surface area contributed by atoms with Crippen LogP contribution in [0, 0.1) is 0 Å². The standard InChI is InChI=1S/C15H15NO4/c1-11(17)7-8-14(18)16-13(10-20-15(16)19)9-12-5-3-2-4-6-12/h2-8,13H,9-10H2,1H3/b8-7+. The second kappa shape index (κ2) is 6.14. The average Bonchev–Trinajstić information content (AvgIpc) is 2.78. The number of benzene rings is 1. The number of ether oxygens (including phenoxy) is 1. The number of nitrogens with zero attached hydrogens (tertiary/aromatic N) is 1. The predicted molar refractivity (Wildman–Crippen MR) is 71.9 cm³/mol. The molecule has 0 aromatic heterocycles. The Bertz CT molecular complexity index is 550. The lowest BCUT2D eigenvalue weighted by Gasteiger charge is -2.17. The topological polar surface area (TPSA) is 63.7 Å². The fourth-order valence-corrected chi connectivity index (χ4v) is 2.04. The highest BCUT2D eigenvalue weighted by Crippen LogP contribution is 2.17. The lowest BCUT2D eigenvalue weighted by molar-refractivity contribution is -0.124. The zero-order valence-electron chi connectivity index (χ0n) is 11.1. The van der Waals surface area contributed by atoms with Crippen molar-refractivity contribution >= 4 is 17.8 Å². The lowest BCUT2D eigenvalue weighted by atomic mass is 10.1. The first-order valence-corrected chi connectivity index (χ1v) is 6.30. The van der Waals surface area contributed by atoms with E-state index >= 15 is 0 Å². The van der Waals surface area contributed by atoms with Crippen LogP contribution in [0.2, 0.25) is 0 Å². The van der Waals surface area contributed by atoms with E-state index in [0.717, 1.165) is 22.6 Å². The number of cyclic esters (lactones) is 1. The van der Waals surface area contributed by atoms with Crippen LogP contribution in [0.15, 0.2) is 42.5 Å². The Kier molecular flexibility index (Phi) is 4.30. The van der Waals surface area contributed by atoms with Gasteiger partial charge < -0.3 is 4.74 Å². The van der Waals surface area contributed by atoms with Crippen LogP contribution < -0.4 is 0 Å². The molecule has 5 nitrogen and oxygen atoms in total. The summed E-state index contributed by atoms with van der Waals surface area (Å²) in [5, 5.41) is 0. The minimum Gasteiger partial charge on any atom is -0.447 e. The van der Waals surface area contributed by atoms with E-state index in [9.17, 15) is 14.4 Å². The average molecular weight is 273 g/mol. The molecule has 1 aliphatic rings. The van der Waals surface area contributed by atoms with Crippen molar-refractivity contribution in [1.29, 1.82) is 0 Å². The predicted octanol–water partition coefficient (Wildman–Crippen LogP) is 1.72. The second-order valence-electron chi connectivity index (χ2n) is 4.57. The van der Waals surface area contributed by atoms with Crippen LogP contribution in [0.4, 0.5) is 4.79 Å². The lowest BCUT2D eigenvalue weighted by Crippen LogP contribution is -2.39. The smallest absolute Gasteiger partial charge is 0.417 e. The molecule has 104 valence electrons. The largest absolute Gasteiger partial charge is 0.447 e. The van der Waals surface area contributed by atoms with Crippen molar-refractivity contribution in [3.63, 3.8) is 0 Å². The fourth-order valence-electron chi connectivity index (χ4n) is 2.04. The number of hydrogen-bond acceptors (Lipinski definition) is 4. The van der Waals surface area contributed by atoms with E-state index in [1.165, 1.54) is 6.92 Å². The van der Waals surface area contributed by atoms with Crippen LogP contribution in [0.3, 0.4) is 0 Å². The number of hydrogen-bond donors (Lipinski definition) is 0. The summed E-state index contributed by atoms with van der Waals surface area (Å²) in [6.07, 6.45) is 2.12. The van der Waals surface area contributed by atoms with Gasteiger partial charge in [-0.15, -0.1) is 0 Å². The monoisotopic (exact) mass is 273 g/mol. The summed E-state index contributed by atoms with van der Waals surface area (Å²) in [7, 11) is 0. The molecule has 20 heavy (non-hydrogen) atoms. The number of amides is 2. The number of imide groups is 1. The van der Waals surface area contributed by atoms with Crippen molar-refractivity contribution in [3.05, 3.63) is 48.0 Å². The molecule has 0 aliphatic carbocycles. The van der Waals surface area contributed by atoms with Gasteiger partial charge in [-0.25, -0.2) is 9.69 Å². The van der Waals surface area contributed by atoms with E-state index in [1.54, 1.807) is 0 Å². The van der Waals surface area contributed by atoms with Crippen molar-refractivity contribution in [3.8, 4) is 0 Å². The van der Waals surface area contributed by atoms with E-state index in [2.05, 4.69) is 0 Å². The van der Waals surface area contributed by atoms with Gasteiger partial charge in [0.05, 0.1) is 6.04 Å². The van der Waals surface area contributed by atoms with Gasteiger partial charge in [-0.2, -0.15) is 0 Å². The Labute approximate surface area is 116 Å². The summed E-state index contributed by atoms with van der Waals surface area (Å²) in [4.78, 5) is 35.5. The molecule has 1 heterocycles. The van der Waals surface area contributed by atoms with Crippen molar-refractivity contribution < 1.29 is 19.1 Å². The molecule has 5 heteroatoms. The molecular formula is C15H15NO4. The molecule has 1 aliphatic heterocycles. The summed E-state index contributed by atoms with van der Waals surface area (Å²) in [5.41, 5.74) is 1.02. The highest BCUT2D eigenvalue weighted by atomic mass is 16.6. The molecule has 0 saturated carbocycles. The minimum atomic E-state index is -0.663. The molecule has 1 aromatic rings. The van der Waals surface area contributed by atoms with Gasteiger partial charge in [0.15, 0.2) is 5.78 Å². The van der Waals surface area contributed by atoms with Gasteiger partial charge in [0.1, 0.15) is 6.61 Å². The Morgan fingerprint density at radius 3 is 2.65 bits per heavy atom. The molecule has 2 rings (SSSR count). The van der Waals surface area contributed by atoms with Gasteiger partial charge in [-0.1, -0.05) is 30.3 Å². The van der Waals surface area contributed by atoms with Crippen LogP contribution in [-0.4, -0.2) is 35.3 Å². The van der Waals surface area contributed by atoms with Crippen LogP contribution >= 0.6 is 0 Å². The summed E-state index contributed by atoms with van der Waals surface area (Å²) in [6.45, 7) is 1.51. The van der Waals surface area contributed by atoms with Crippen LogP contribution in [-0.2, 0) is 20.7 Å². The summed E-state index contributed by atoms with van der Waals surface area (Å²) < 4.78 is 4.93. The molecule has 1 aromatic carbocycles. The molecule has 1 saturated heterocycles. The molecule has 1 atom stereocenters. The molecule has 0 spiro atoms. The molecule has 1 unspecified atom stereocenters. The molecule has 2 amide bonds. The molecule has 0 bridgehead atoms. The van der Waals surface area contributed by atoms with E-state index in [1.807, 2.05) is 30.3 Å². The Balaban J connectivity index is 2.10. The first kappa shape index (κ1) is 14.0. The zero-order valence-corrected chi connectivity index (χ0v) is 11.1. The van der Waals surface area contributed by atoms with Crippen molar-refractivity contribution in [2.24, 2.45) is 0 Å². The maximum Gasteiger partial charge on any atom is 0.417 e. The molecular weight excluding hydrogens is 258 g/mol. The maximum absolute atomic E-state index is 11.9. The van der Waals surface area contributed by atoms with Crippen molar-refractivity contribution in [2.45, 2.75) is 19.4 Å². The van der Waals surface area contributed by atoms with Crippen molar-refractivity contribution in [2.75, 3.05) is 6.61 Å². The first-order valence-electron chi connectivity index (χ1n) is 6.30. The van der Waals surface area contributed by atoms with E-state index in [4.69, 9.17) is 4.74 Å². The van der Waals surface area contributed by atoms with E-state index in [0.29, 0.717) is 6.42 Å². The SMILES string of the molecule is CC(=O)/C=C/C(=O)N1C(=O)OCC1Cc1ccccc1. The van der Waals surface area contributed by atoms with Gasteiger partial charge in [-0.05, 0) is 25.0 Å². The third-order valence-electron chi connectivity index (χ3n) is 2.97. The van der Waals surface area contributed by atoms with Crippen molar-refractivity contribution in [1.82, 2.24) is 4.90 Å². The molecule has 0 N–H and O–H groups in total. The quantitative estimate of drug-likeness (QED) is 0.784. The Morgan fingerprint density at radius 1 is 1.30 bits per heavy atom. The normalized spacial score (nSPS) is 18.4. The number of carbonyl (C=O) groups excluding carboxylic acids is 3. The van der Waals surface area contributed by atoms with Crippen LogP contribution in [0.5, 0.6) is 0 Å². The Hall–Kier alpha value is -2.43. The summed E-state index contributed by atoms with van der Waals surface area (Å²) in [6, 6.07) is 9.21. The fraction of sp³-hybridized carbons (Fsp3) is 0.267.